The fourth-order valence-corrected chi connectivity index (χ4v) is 2.34. The quantitative estimate of drug-likeness (QED) is 0.784. The molecule has 0 atom stereocenters. The summed E-state index contributed by atoms with van der Waals surface area (Å²) in [5.74, 6) is 0. The van der Waals surface area contributed by atoms with Crippen LogP contribution in [0.2, 0.25) is 0 Å². The topological polar surface area (TPSA) is 38.5 Å². The second-order valence-electron chi connectivity index (χ2n) is 4.98. The Hall–Kier alpha value is -0.900. The van der Waals surface area contributed by atoms with Crippen LogP contribution in [0.25, 0.3) is 0 Å². The normalized spacial score (nSPS) is 16.9. The van der Waals surface area contributed by atoms with E-state index < -0.39 is 0 Å². The molecule has 0 saturated carbocycles. The molecule has 3 heteroatoms. The SMILES string of the molecule is NCc1ccc(COCCN2CCCCC2)cc1. The summed E-state index contributed by atoms with van der Waals surface area (Å²) in [6.07, 6.45) is 4.09. The van der Waals surface area contributed by atoms with Gasteiger partial charge in [0.1, 0.15) is 0 Å². The lowest BCUT2D eigenvalue weighted by Crippen LogP contribution is -2.32. The predicted molar refractivity (Wildman–Crippen MR) is 74.3 cm³/mol. The van der Waals surface area contributed by atoms with Gasteiger partial charge in [-0.3, -0.25) is 0 Å². The second-order valence-corrected chi connectivity index (χ2v) is 4.98. The number of likely N-dealkylation sites (tertiary alicyclic amines) is 1. The highest BCUT2D eigenvalue weighted by Crippen LogP contribution is 2.08. The van der Waals surface area contributed by atoms with Gasteiger partial charge in [-0.1, -0.05) is 30.7 Å². The van der Waals surface area contributed by atoms with Crippen LogP contribution in [0.15, 0.2) is 24.3 Å². The highest BCUT2D eigenvalue weighted by molar-refractivity contribution is 5.21. The van der Waals surface area contributed by atoms with E-state index in [1.807, 2.05) is 0 Å². The summed E-state index contributed by atoms with van der Waals surface area (Å²) in [4.78, 5) is 2.50. The molecule has 0 radical (unpaired) electrons. The van der Waals surface area contributed by atoms with E-state index in [2.05, 4.69) is 29.2 Å². The van der Waals surface area contributed by atoms with Crippen LogP contribution >= 0.6 is 0 Å². The Balaban J connectivity index is 1.62. The summed E-state index contributed by atoms with van der Waals surface area (Å²) in [7, 11) is 0. The first kappa shape index (κ1) is 13.5. The zero-order valence-corrected chi connectivity index (χ0v) is 11.1. The van der Waals surface area contributed by atoms with Crippen molar-refractivity contribution in [3.05, 3.63) is 35.4 Å². The fourth-order valence-electron chi connectivity index (χ4n) is 2.34. The predicted octanol–water partition coefficient (Wildman–Crippen LogP) is 2.15. The Bertz CT molecular complexity index is 331. The molecule has 0 bridgehead atoms. The van der Waals surface area contributed by atoms with E-state index in [9.17, 15) is 0 Å². The van der Waals surface area contributed by atoms with Crippen molar-refractivity contribution in [2.75, 3.05) is 26.2 Å². The third kappa shape index (κ3) is 4.41. The lowest BCUT2D eigenvalue weighted by atomic mass is 10.1. The lowest BCUT2D eigenvalue weighted by molar-refractivity contribution is 0.0863. The van der Waals surface area contributed by atoms with Gasteiger partial charge in [-0.05, 0) is 37.1 Å². The standard InChI is InChI=1S/C15H24N2O/c16-12-14-4-6-15(7-5-14)13-18-11-10-17-8-2-1-3-9-17/h4-7H,1-3,8-13,16H2. The molecule has 1 aliphatic rings. The van der Waals surface area contributed by atoms with E-state index in [4.69, 9.17) is 10.5 Å². The van der Waals surface area contributed by atoms with Crippen molar-refractivity contribution in [2.24, 2.45) is 5.73 Å². The second kappa shape index (κ2) is 7.52. The van der Waals surface area contributed by atoms with Gasteiger partial charge < -0.3 is 15.4 Å². The minimum atomic E-state index is 0.607. The monoisotopic (exact) mass is 248 g/mol. The van der Waals surface area contributed by atoms with Crippen LogP contribution in [0.1, 0.15) is 30.4 Å². The number of nitrogens with zero attached hydrogens (tertiary/aromatic N) is 1. The summed E-state index contributed by atoms with van der Waals surface area (Å²) >= 11 is 0. The maximum atomic E-state index is 5.72. The summed E-state index contributed by atoms with van der Waals surface area (Å²) in [6.45, 7) is 5.71. The van der Waals surface area contributed by atoms with Crippen molar-refractivity contribution in [1.82, 2.24) is 4.90 Å². The van der Waals surface area contributed by atoms with Crippen LogP contribution < -0.4 is 5.73 Å². The summed E-state index contributed by atoms with van der Waals surface area (Å²) in [5, 5.41) is 0. The summed E-state index contributed by atoms with van der Waals surface area (Å²) in [6, 6.07) is 8.35. The van der Waals surface area contributed by atoms with E-state index in [1.165, 1.54) is 43.5 Å². The number of nitrogens with two attached hydrogens (primary N) is 1. The number of rotatable bonds is 6. The third-order valence-corrected chi connectivity index (χ3v) is 3.53. The largest absolute Gasteiger partial charge is 0.375 e. The average Bonchev–Trinajstić information content (AvgIpc) is 2.45. The van der Waals surface area contributed by atoms with E-state index in [-0.39, 0.29) is 0 Å². The molecule has 0 aromatic heterocycles. The van der Waals surface area contributed by atoms with Gasteiger partial charge in [0.25, 0.3) is 0 Å². The molecule has 1 aromatic rings. The molecule has 1 saturated heterocycles. The zero-order valence-electron chi connectivity index (χ0n) is 11.1. The van der Waals surface area contributed by atoms with Gasteiger partial charge in [-0.15, -0.1) is 0 Å². The molecule has 2 N–H and O–H groups in total. The molecule has 0 aliphatic carbocycles. The Morgan fingerprint density at radius 2 is 1.67 bits per heavy atom. The minimum Gasteiger partial charge on any atom is -0.375 e. The van der Waals surface area contributed by atoms with E-state index in [0.29, 0.717) is 13.2 Å². The van der Waals surface area contributed by atoms with Crippen LogP contribution in [0.4, 0.5) is 0 Å². The first-order valence-electron chi connectivity index (χ1n) is 6.96. The molecule has 0 spiro atoms. The molecule has 2 rings (SSSR count). The molecule has 3 nitrogen and oxygen atoms in total. The smallest absolute Gasteiger partial charge is 0.0717 e. The Morgan fingerprint density at radius 3 is 2.33 bits per heavy atom. The molecule has 18 heavy (non-hydrogen) atoms. The maximum Gasteiger partial charge on any atom is 0.0717 e. The Kier molecular flexibility index (Phi) is 5.65. The maximum absolute atomic E-state index is 5.72. The summed E-state index contributed by atoms with van der Waals surface area (Å²) in [5.41, 5.74) is 7.97. The molecule has 100 valence electrons. The molecule has 0 unspecified atom stereocenters. The highest BCUT2D eigenvalue weighted by atomic mass is 16.5. The molecule has 0 amide bonds. The van der Waals surface area contributed by atoms with Gasteiger partial charge in [-0.2, -0.15) is 0 Å². The average molecular weight is 248 g/mol. The van der Waals surface area contributed by atoms with Crippen molar-refractivity contribution in [2.45, 2.75) is 32.4 Å². The van der Waals surface area contributed by atoms with Gasteiger partial charge in [0, 0.05) is 13.1 Å². The molecular weight excluding hydrogens is 224 g/mol. The van der Waals surface area contributed by atoms with Crippen molar-refractivity contribution >= 4 is 0 Å². The van der Waals surface area contributed by atoms with E-state index in [0.717, 1.165) is 13.2 Å². The Labute approximate surface area is 110 Å². The molecule has 1 aliphatic heterocycles. The van der Waals surface area contributed by atoms with Gasteiger partial charge in [0.2, 0.25) is 0 Å². The van der Waals surface area contributed by atoms with Gasteiger partial charge in [-0.25, -0.2) is 0 Å². The van der Waals surface area contributed by atoms with Crippen molar-refractivity contribution < 1.29 is 4.74 Å². The number of ether oxygens (including phenoxy) is 1. The minimum absolute atomic E-state index is 0.607. The van der Waals surface area contributed by atoms with Gasteiger partial charge in [0.15, 0.2) is 0 Å². The third-order valence-electron chi connectivity index (χ3n) is 3.53. The Morgan fingerprint density at radius 1 is 1.00 bits per heavy atom. The highest BCUT2D eigenvalue weighted by Gasteiger charge is 2.08. The first-order valence-corrected chi connectivity index (χ1v) is 6.96. The van der Waals surface area contributed by atoms with Crippen molar-refractivity contribution in [3.63, 3.8) is 0 Å². The van der Waals surface area contributed by atoms with Crippen LogP contribution in [-0.4, -0.2) is 31.1 Å². The number of benzene rings is 1. The summed E-state index contributed by atoms with van der Waals surface area (Å²) < 4.78 is 5.72. The van der Waals surface area contributed by atoms with Crippen LogP contribution in [0.3, 0.4) is 0 Å². The van der Waals surface area contributed by atoms with Crippen molar-refractivity contribution in [1.29, 1.82) is 0 Å². The number of hydrogen-bond acceptors (Lipinski definition) is 3. The lowest BCUT2D eigenvalue weighted by Gasteiger charge is -2.26. The van der Waals surface area contributed by atoms with E-state index >= 15 is 0 Å². The van der Waals surface area contributed by atoms with Crippen molar-refractivity contribution in [3.8, 4) is 0 Å². The van der Waals surface area contributed by atoms with Crippen LogP contribution in [-0.2, 0) is 17.9 Å². The van der Waals surface area contributed by atoms with E-state index in [1.54, 1.807) is 0 Å². The molecule has 1 aromatic carbocycles. The zero-order chi connectivity index (χ0) is 12.6. The molecule has 1 heterocycles. The molecule has 1 fully saturated rings. The van der Waals surface area contributed by atoms with Gasteiger partial charge in [0.05, 0.1) is 13.2 Å². The first-order chi connectivity index (χ1) is 8.88. The van der Waals surface area contributed by atoms with Crippen LogP contribution in [0, 0.1) is 0 Å². The fraction of sp³-hybridized carbons (Fsp3) is 0.600. The number of hydrogen-bond donors (Lipinski definition) is 1. The number of piperidine rings is 1. The van der Waals surface area contributed by atoms with Gasteiger partial charge >= 0.3 is 0 Å². The van der Waals surface area contributed by atoms with Crippen LogP contribution in [0.5, 0.6) is 0 Å². The molecular formula is C15H24N2O.